The van der Waals surface area contributed by atoms with Crippen LogP contribution in [0.5, 0.6) is 0 Å². The number of hydrogen-bond acceptors (Lipinski definition) is 4. The normalized spacial score (nSPS) is 10.0. The first-order valence-corrected chi connectivity index (χ1v) is 8.04. The van der Waals surface area contributed by atoms with Crippen molar-refractivity contribution < 1.29 is 0 Å². The number of fused-ring (bicyclic) bond motifs is 2. The van der Waals surface area contributed by atoms with Crippen LogP contribution < -0.4 is 11.5 Å². The topological polar surface area (TPSA) is 77.8 Å². The molecular weight excluding hydrogens is 320 g/mol. The molecule has 4 rings (SSSR count). The average Bonchev–Trinajstić information content (AvgIpc) is 2.89. The van der Waals surface area contributed by atoms with Crippen LogP contribution in [0.4, 0.5) is 11.6 Å². The van der Waals surface area contributed by atoms with Crippen molar-refractivity contribution in [3.05, 3.63) is 71.8 Å². The van der Waals surface area contributed by atoms with Gasteiger partial charge in [0.05, 0.1) is 22.5 Å². The number of anilines is 2. The van der Waals surface area contributed by atoms with E-state index in [4.69, 9.17) is 11.5 Å². The summed E-state index contributed by atoms with van der Waals surface area (Å²) in [4.78, 5) is 8.68. The molecule has 122 valence electrons. The van der Waals surface area contributed by atoms with Gasteiger partial charge < -0.3 is 11.5 Å². The van der Waals surface area contributed by atoms with Crippen molar-refractivity contribution in [2.45, 2.75) is 0 Å². The van der Waals surface area contributed by atoms with Crippen LogP contribution in [0.3, 0.4) is 0 Å². The fourth-order valence-electron chi connectivity index (χ4n) is 2.79. The Balaban J connectivity index is 1.71. The summed E-state index contributed by atoms with van der Waals surface area (Å²) >= 11 is 0. The molecule has 4 heteroatoms. The van der Waals surface area contributed by atoms with Gasteiger partial charge in [0.2, 0.25) is 0 Å². The van der Waals surface area contributed by atoms with Gasteiger partial charge in [0.25, 0.3) is 0 Å². The number of nitrogens with zero attached hydrogens (tertiary/aromatic N) is 2. The number of rotatable bonds is 0. The second-order valence-electron chi connectivity index (χ2n) is 5.66. The van der Waals surface area contributed by atoms with Crippen LogP contribution in [-0.4, -0.2) is 9.97 Å². The lowest BCUT2D eigenvalue weighted by Crippen LogP contribution is -1.87. The summed E-state index contributed by atoms with van der Waals surface area (Å²) in [5, 5.41) is 0. The third kappa shape index (κ3) is 2.77. The highest BCUT2D eigenvalue weighted by atomic mass is 14.9. The largest absolute Gasteiger partial charge is 0.383 e. The summed E-state index contributed by atoms with van der Waals surface area (Å²) in [6, 6.07) is 19.3. The van der Waals surface area contributed by atoms with E-state index >= 15 is 0 Å². The molecule has 0 amide bonds. The maximum atomic E-state index is 5.99. The van der Waals surface area contributed by atoms with Crippen LogP contribution in [0.15, 0.2) is 60.7 Å². The number of nitrogen functional groups attached to an aromatic ring is 2. The molecule has 0 aromatic heterocycles. The Morgan fingerprint density at radius 2 is 1.00 bits per heavy atom. The smallest absolute Gasteiger partial charge is 0.140 e. The lowest BCUT2D eigenvalue weighted by atomic mass is 10.1. The third-order valence-corrected chi connectivity index (χ3v) is 4.00. The van der Waals surface area contributed by atoms with Gasteiger partial charge in [-0.3, -0.25) is 0 Å². The molecule has 0 aromatic carbocycles. The Morgan fingerprint density at radius 3 is 1.46 bits per heavy atom. The van der Waals surface area contributed by atoms with Gasteiger partial charge in [-0.05, 0) is 35.8 Å². The summed E-state index contributed by atoms with van der Waals surface area (Å²) in [6.07, 6.45) is 0. The van der Waals surface area contributed by atoms with E-state index in [-0.39, 0.29) is 0 Å². The van der Waals surface area contributed by atoms with Gasteiger partial charge >= 0.3 is 0 Å². The zero-order valence-electron chi connectivity index (χ0n) is 13.8. The minimum absolute atomic E-state index is 0.410. The fraction of sp³-hybridized carbons (Fsp3) is 0. The van der Waals surface area contributed by atoms with Crippen LogP contribution in [0.1, 0.15) is 11.1 Å². The van der Waals surface area contributed by atoms with Crippen LogP contribution in [0.2, 0.25) is 0 Å². The van der Waals surface area contributed by atoms with Crippen molar-refractivity contribution in [3.63, 3.8) is 0 Å². The summed E-state index contributed by atoms with van der Waals surface area (Å²) in [5.74, 6) is 12.6. The Hall–Kier alpha value is -4.02. The van der Waals surface area contributed by atoms with E-state index in [1.165, 1.54) is 0 Å². The highest BCUT2D eigenvalue weighted by molar-refractivity contribution is 5.79. The van der Waals surface area contributed by atoms with Gasteiger partial charge in [0.1, 0.15) is 11.6 Å². The lowest BCUT2D eigenvalue weighted by molar-refractivity contribution is 1.42. The summed E-state index contributed by atoms with van der Waals surface area (Å²) in [6.45, 7) is 0. The van der Waals surface area contributed by atoms with Crippen molar-refractivity contribution in [2.24, 2.45) is 0 Å². The maximum Gasteiger partial charge on any atom is 0.140 e. The number of hydrogen-bond donors (Lipinski definition) is 2. The molecule has 2 aliphatic carbocycles. The van der Waals surface area contributed by atoms with Crippen LogP contribution in [0.25, 0.3) is 22.5 Å². The number of aromatic nitrogens is 2. The van der Waals surface area contributed by atoms with Gasteiger partial charge in [0.15, 0.2) is 0 Å². The fourth-order valence-corrected chi connectivity index (χ4v) is 2.79. The highest BCUT2D eigenvalue weighted by Crippen LogP contribution is 2.29. The molecule has 0 spiro atoms. The van der Waals surface area contributed by atoms with Gasteiger partial charge in [-0.1, -0.05) is 48.5 Å². The standard InChI is InChI=1S/C22H14N4/c23-21-17(15-9-3-1-5-13-19(15)25-21)11-7-8-12-18-16-10-4-2-6-14-20(16)26-22(18)24/h1-6,9-10,13-14H,(H2,23,25)(H2,24,26). The summed E-state index contributed by atoms with van der Waals surface area (Å²) < 4.78 is 0. The summed E-state index contributed by atoms with van der Waals surface area (Å²) in [7, 11) is 0. The monoisotopic (exact) mass is 334 g/mol. The predicted octanol–water partition coefficient (Wildman–Crippen LogP) is 3.25. The van der Waals surface area contributed by atoms with E-state index in [1.807, 2.05) is 60.7 Å². The van der Waals surface area contributed by atoms with Gasteiger partial charge in [-0.2, -0.15) is 0 Å². The molecule has 0 bridgehead atoms. The van der Waals surface area contributed by atoms with Crippen molar-refractivity contribution in [3.8, 4) is 46.2 Å². The predicted molar refractivity (Wildman–Crippen MR) is 104 cm³/mol. The SMILES string of the molecule is Nc1nc2cccccc-2c1C#CC#Cc1c2cccccc-2nc1N. The molecule has 0 saturated heterocycles. The van der Waals surface area contributed by atoms with Crippen molar-refractivity contribution >= 4 is 11.6 Å². The van der Waals surface area contributed by atoms with E-state index in [9.17, 15) is 0 Å². The van der Waals surface area contributed by atoms with Crippen LogP contribution in [0, 0.1) is 23.7 Å². The van der Waals surface area contributed by atoms with Crippen molar-refractivity contribution in [1.29, 1.82) is 0 Å². The third-order valence-electron chi connectivity index (χ3n) is 4.00. The summed E-state index contributed by atoms with van der Waals surface area (Å²) in [5.41, 5.74) is 16.8. The van der Waals surface area contributed by atoms with E-state index in [0.717, 1.165) is 22.5 Å². The molecule has 0 fully saturated rings. The van der Waals surface area contributed by atoms with Crippen LogP contribution >= 0.6 is 0 Å². The molecule has 26 heavy (non-hydrogen) atoms. The average molecular weight is 334 g/mol. The molecule has 0 aromatic rings. The first kappa shape index (κ1) is 15.5. The quantitative estimate of drug-likeness (QED) is 0.484. The molecule has 0 atom stereocenters. The molecule has 0 radical (unpaired) electrons. The van der Waals surface area contributed by atoms with E-state index in [1.54, 1.807) is 0 Å². The Labute approximate surface area is 151 Å². The lowest BCUT2D eigenvalue weighted by Gasteiger charge is -1.90. The Kier molecular flexibility index (Phi) is 3.86. The minimum Gasteiger partial charge on any atom is -0.383 e. The van der Waals surface area contributed by atoms with Gasteiger partial charge in [-0.15, -0.1) is 0 Å². The molecule has 0 saturated carbocycles. The van der Waals surface area contributed by atoms with Gasteiger partial charge in [-0.25, -0.2) is 9.97 Å². The minimum atomic E-state index is 0.410. The molecule has 4 nitrogen and oxygen atoms in total. The van der Waals surface area contributed by atoms with Gasteiger partial charge in [0, 0.05) is 11.1 Å². The van der Waals surface area contributed by atoms with Crippen molar-refractivity contribution in [2.75, 3.05) is 11.5 Å². The second-order valence-corrected chi connectivity index (χ2v) is 5.66. The molecular formula is C22H14N4. The Morgan fingerprint density at radius 1 is 0.577 bits per heavy atom. The second kappa shape index (κ2) is 6.47. The molecule has 4 N–H and O–H groups in total. The molecule has 2 heterocycles. The zero-order chi connectivity index (χ0) is 17.9. The van der Waals surface area contributed by atoms with E-state index < -0.39 is 0 Å². The molecule has 0 unspecified atom stereocenters. The van der Waals surface area contributed by atoms with Crippen LogP contribution in [-0.2, 0) is 0 Å². The Bertz CT molecular complexity index is 1080. The molecule has 4 aliphatic rings. The zero-order valence-corrected chi connectivity index (χ0v) is 13.8. The van der Waals surface area contributed by atoms with E-state index in [2.05, 4.69) is 33.6 Å². The first-order chi connectivity index (χ1) is 12.7. The van der Waals surface area contributed by atoms with E-state index in [0.29, 0.717) is 22.8 Å². The first-order valence-electron chi connectivity index (χ1n) is 8.04. The highest BCUT2D eigenvalue weighted by Gasteiger charge is 2.13. The van der Waals surface area contributed by atoms with Crippen molar-refractivity contribution in [1.82, 2.24) is 9.97 Å². The number of nitrogens with two attached hydrogens (primary N) is 2. The molecule has 2 aliphatic heterocycles. The maximum absolute atomic E-state index is 5.99.